The molecular formula is C16H36IN3O. The van der Waals surface area contributed by atoms with Crippen molar-refractivity contribution in [2.75, 3.05) is 26.8 Å². The quantitative estimate of drug-likeness (QED) is 0.221. The van der Waals surface area contributed by atoms with E-state index in [9.17, 15) is 0 Å². The van der Waals surface area contributed by atoms with E-state index >= 15 is 0 Å². The maximum Gasteiger partial charge on any atom is 0.191 e. The number of hydrogen-bond acceptors (Lipinski definition) is 2. The Morgan fingerprint density at radius 3 is 2.48 bits per heavy atom. The normalized spacial score (nSPS) is 12.7. The minimum Gasteiger partial charge on any atom is -0.385 e. The molecule has 5 heteroatoms. The average Bonchev–Trinajstić information content (AvgIpc) is 2.43. The van der Waals surface area contributed by atoms with Crippen molar-refractivity contribution in [1.29, 1.82) is 0 Å². The number of unbranched alkanes of at least 4 members (excludes halogenated alkanes) is 4. The summed E-state index contributed by atoms with van der Waals surface area (Å²) in [6.45, 7) is 9.25. The minimum absolute atomic E-state index is 0. The zero-order valence-electron chi connectivity index (χ0n) is 14.4. The zero-order chi connectivity index (χ0) is 15.1. The van der Waals surface area contributed by atoms with Crippen LogP contribution in [0.1, 0.15) is 65.7 Å². The van der Waals surface area contributed by atoms with Crippen LogP contribution in [0.15, 0.2) is 4.99 Å². The second-order valence-electron chi connectivity index (χ2n) is 5.36. The van der Waals surface area contributed by atoms with Crippen molar-refractivity contribution >= 4 is 29.9 Å². The fourth-order valence-electron chi connectivity index (χ4n) is 2.05. The predicted octanol–water partition coefficient (Wildman–Crippen LogP) is 3.95. The maximum atomic E-state index is 5.05. The molecule has 0 saturated carbocycles. The summed E-state index contributed by atoms with van der Waals surface area (Å²) >= 11 is 0. The fourth-order valence-corrected chi connectivity index (χ4v) is 2.05. The van der Waals surface area contributed by atoms with Gasteiger partial charge in [-0.1, -0.05) is 26.2 Å². The number of methoxy groups -OCH3 is 1. The SMILES string of the molecule is CCCCCC(C)NC(=NCCCCCOC)NCC.I. The fraction of sp³-hybridized carbons (Fsp3) is 0.938. The Balaban J connectivity index is 0. The van der Waals surface area contributed by atoms with Crippen LogP contribution in [0.2, 0.25) is 0 Å². The summed E-state index contributed by atoms with van der Waals surface area (Å²) in [5.41, 5.74) is 0. The van der Waals surface area contributed by atoms with Crippen molar-refractivity contribution in [3.63, 3.8) is 0 Å². The summed E-state index contributed by atoms with van der Waals surface area (Å²) in [6, 6.07) is 0.493. The van der Waals surface area contributed by atoms with Gasteiger partial charge >= 0.3 is 0 Å². The molecule has 0 bridgehead atoms. The minimum atomic E-state index is 0. The first-order chi connectivity index (χ1) is 9.74. The molecule has 0 heterocycles. The molecule has 0 aromatic rings. The van der Waals surface area contributed by atoms with E-state index in [0.717, 1.165) is 38.5 Å². The number of guanidine groups is 1. The Bertz CT molecular complexity index is 238. The van der Waals surface area contributed by atoms with Gasteiger partial charge in [-0.05, 0) is 39.5 Å². The molecule has 4 nitrogen and oxygen atoms in total. The van der Waals surface area contributed by atoms with Gasteiger partial charge in [0, 0.05) is 32.8 Å². The van der Waals surface area contributed by atoms with E-state index < -0.39 is 0 Å². The molecule has 1 atom stereocenters. The molecule has 0 aromatic heterocycles. The van der Waals surface area contributed by atoms with E-state index in [1.165, 1.54) is 32.1 Å². The summed E-state index contributed by atoms with van der Waals surface area (Å²) < 4.78 is 5.05. The van der Waals surface area contributed by atoms with Crippen molar-refractivity contribution in [1.82, 2.24) is 10.6 Å². The van der Waals surface area contributed by atoms with Gasteiger partial charge in [-0.3, -0.25) is 4.99 Å². The lowest BCUT2D eigenvalue weighted by molar-refractivity contribution is 0.192. The lowest BCUT2D eigenvalue weighted by Gasteiger charge is -2.17. The van der Waals surface area contributed by atoms with Crippen molar-refractivity contribution in [2.24, 2.45) is 4.99 Å². The molecule has 21 heavy (non-hydrogen) atoms. The third kappa shape index (κ3) is 16.2. The van der Waals surface area contributed by atoms with E-state index in [0.29, 0.717) is 6.04 Å². The molecule has 0 amide bonds. The molecule has 0 fully saturated rings. The first-order valence-electron chi connectivity index (χ1n) is 8.28. The van der Waals surface area contributed by atoms with Crippen LogP contribution in [0.3, 0.4) is 0 Å². The highest BCUT2D eigenvalue weighted by molar-refractivity contribution is 14.0. The van der Waals surface area contributed by atoms with Crippen molar-refractivity contribution < 1.29 is 4.74 Å². The molecule has 0 saturated heterocycles. The average molecular weight is 413 g/mol. The van der Waals surface area contributed by atoms with Gasteiger partial charge in [0.2, 0.25) is 0 Å². The van der Waals surface area contributed by atoms with Crippen molar-refractivity contribution in [3.05, 3.63) is 0 Å². The van der Waals surface area contributed by atoms with Gasteiger partial charge in [-0.15, -0.1) is 24.0 Å². The van der Waals surface area contributed by atoms with Crippen LogP contribution in [0.25, 0.3) is 0 Å². The zero-order valence-corrected chi connectivity index (χ0v) is 16.7. The topological polar surface area (TPSA) is 45.7 Å². The molecule has 0 aliphatic carbocycles. The Kier molecular flexibility index (Phi) is 19.9. The van der Waals surface area contributed by atoms with Crippen LogP contribution in [-0.4, -0.2) is 38.8 Å². The predicted molar refractivity (Wildman–Crippen MR) is 104 cm³/mol. The number of halogens is 1. The Morgan fingerprint density at radius 1 is 1.10 bits per heavy atom. The van der Waals surface area contributed by atoms with E-state index in [4.69, 9.17) is 4.74 Å². The van der Waals surface area contributed by atoms with E-state index in [-0.39, 0.29) is 24.0 Å². The van der Waals surface area contributed by atoms with Gasteiger partial charge < -0.3 is 15.4 Å². The van der Waals surface area contributed by atoms with Gasteiger partial charge in [0.25, 0.3) is 0 Å². The summed E-state index contributed by atoms with van der Waals surface area (Å²) in [7, 11) is 1.76. The monoisotopic (exact) mass is 413 g/mol. The number of nitrogens with zero attached hydrogens (tertiary/aromatic N) is 1. The van der Waals surface area contributed by atoms with Gasteiger partial charge in [0.05, 0.1) is 0 Å². The van der Waals surface area contributed by atoms with Gasteiger partial charge in [0.15, 0.2) is 5.96 Å². The lowest BCUT2D eigenvalue weighted by Crippen LogP contribution is -2.42. The van der Waals surface area contributed by atoms with Crippen LogP contribution in [0, 0.1) is 0 Å². The van der Waals surface area contributed by atoms with E-state index in [1.807, 2.05) is 0 Å². The van der Waals surface area contributed by atoms with Crippen molar-refractivity contribution in [3.8, 4) is 0 Å². The highest BCUT2D eigenvalue weighted by Gasteiger charge is 2.04. The highest BCUT2D eigenvalue weighted by atomic mass is 127. The van der Waals surface area contributed by atoms with Crippen LogP contribution in [-0.2, 0) is 4.74 Å². The summed E-state index contributed by atoms with van der Waals surface area (Å²) in [6.07, 6.45) is 8.55. The smallest absolute Gasteiger partial charge is 0.191 e. The molecular weight excluding hydrogens is 377 g/mol. The second kappa shape index (κ2) is 18.0. The van der Waals surface area contributed by atoms with Gasteiger partial charge in [0.1, 0.15) is 0 Å². The molecule has 2 N–H and O–H groups in total. The van der Waals surface area contributed by atoms with Crippen molar-refractivity contribution in [2.45, 2.75) is 71.8 Å². The maximum absolute atomic E-state index is 5.05. The summed E-state index contributed by atoms with van der Waals surface area (Å²) in [5, 5.41) is 6.81. The first kappa shape index (κ1) is 23.2. The number of aliphatic imine (C=N–C) groups is 1. The number of hydrogen-bond donors (Lipinski definition) is 2. The number of nitrogens with one attached hydrogen (secondary N) is 2. The lowest BCUT2D eigenvalue weighted by atomic mass is 10.1. The van der Waals surface area contributed by atoms with Crippen LogP contribution >= 0.6 is 24.0 Å². The Morgan fingerprint density at radius 2 is 1.86 bits per heavy atom. The largest absolute Gasteiger partial charge is 0.385 e. The molecule has 0 spiro atoms. The molecule has 128 valence electrons. The third-order valence-electron chi connectivity index (χ3n) is 3.24. The molecule has 0 rings (SSSR count). The molecule has 0 aromatic carbocycles. The highest BCUT2D eigenvalue weighted by Crippen LogP contribution is 2.02. The standard InChI is InChI=1S/C16H35N3O.HI/c1-5-7-9-12-15(3)19-16(17-6-2)18-13-10-8-11-14-20-4;/h15H,5-14H2,1-4H3,(H2,17,18,19);1H. The number of ether oxygens (including phenoxy) is 1. The Hall–Kier alpha value is -0.0400. The van der Waals surface area contributed by atoms with Crippen LogP contribution < -0.4 is 10.6 Å². The molecule has 1 unspecified atom stereocenters. The van der Waals surface area contributed by atoms with E-state index in [1.54, 1.807) is 7.11 Å². The van der Waals surface area contributed by atoms with Gasteiger partial charge in [-0.25, -0.2) is 0 Å². The van der Waals surface area contributed by atoms with Gasteiger partial charge in [-0.2, -0.15) is 0 Å². The Labute approximate surface area is 148 Å². The third-order valence-corrected chi connectivity index (χ3v) is 3.24. The van der Waals surface area contributed by atoms with Crippen LogP contribution in [0.5, 0.6) is 0 Å². The molecule has 0 radical (unpaired) electrons. The van der Waals surface area contributed by atoms with E-state index in [2.05, 4.69) is 36.4 Å². The summed E-state index contributed by atoms with van der Waals surface area (Å²) in [4.78, 5) is 4.63. The molecule has 0 aliphatic heterocycles. The first-order valence-corrected chi connectivity index (χ1v) is 8.28. The summed E-state index contributed by atoms with van der Waals surface area (Å²) in [5.74, 6) is 0.961. The molecule has 0 aliphatic rings. The van der Waals surface area contributed by atoms with Crippen LogP contribution in [0.4, 0.5) is 0 Å². The second-order valence-corrected chi connectivity index (χ2v) is 5.36. The number of rotatable bonds is 12.